The summed E-state index contributed by atoms with van der Waals surface area (Å²) in [5.41, 5.74) is 2.91. The van der Waals surface area contributed by atoms with Gasteiger partial charge < -0.3 is 0 Å². The number of allylic oxidation sites excluding steroid dienone is 5. The highest BCUT2D eigenvalue weighted by molar-refractivity contribution is 5.29. The zero-order valence-electron chi connectivity index (χ0n) is 10.7. The third kappa shape index (κ3) is 7.85. The molecule has 0 unspecified atom stereocenters. The summed E-state index contributed by atoms with van der Waals surface area (Å²) in [6.45, 7) is 16.2. The van der Waals surface area contributed by atoms with Gasteiger partial charge in [-0.15, -0.1) is 6.58 Å². The molecule has 0 N–H and O–H groups in total. The van der Waals surface area contributed by atoms with E-state index in [9.17, 15) is 0 Å². The Morgan fingerprint density at radius 3 is 1.93 bits per heavy atom. The number of hydrogen-bond acceptors (Lipinski definition) is 0. The smallest absolute Gasteiger partial charge is 0.0220 e. The molecule has 82 valence electrons. The molecular weight excluding hydrogens is 168 g/mol. The van der Waals surface area contributed by atoms with E-state index in [1.165, 1.54) is 11.1 Å². The van der Waals surface area contributed by atoms with Crippen molar-refractivity contribution >= 4 is 0 Å². The molecule has 0 radical (unpaired) electrons. The Bertz CT molecular complexity index is 192. The number of hydrogen-bond donors (Lipinski definition) is 0. The molecule has 0 aliphatic rings. The maximum atomic E-state index is 3.36. The summed E-state index contributed by atoms with van der Waals surface area (Å²) < 4.78 is 0. The van der Waals surface area contributed by atoms with Crippen LogP contribution in [0.3, 0.4) is 0 Å². The Kier molecular flexibility index (Phi) is 11.5. The Balaban J connectivity index is 0. The molecular formula is C14H26. The van der Waals surface area contributed by atoms with Crippen LogP contribution in [0.4, 0.5) is 0 Å². The lowest BCUT2D eigenvalue weighted by molar-refractivity contribution is 0.774. The fraction of sp³-hybridized carbons (Fsp3) is 0.571. The molecule has 14 heavy (non-hydrogen) atoms. The highest BCUT2D eigenvalue weighted by Crippen LogP contribution is 2.18. The van der Waals surface area contributed by atoms with Crippen LogP contribution >= 0.6 is 0 Å². The topological polar surface area (TPSA) is 0 Å². The van der Waals surface area contributed by atoms with Crippen LogP contribution in [0.5, 0.6) is 0 Å². The van der Waals surface area contributed by atoms with Gasteiger partial charge in [0, 0.05) is 0 Å². The van der Waals surface area contributed by atoms with Crippen molar-refractivity contribution < 1.29 is 0 Å². The minimum absolute atomic E-state index is 0.655. The normalized spacial score (nSPS) is 12.2. The van der Waals surface area contributed by atoms with Gasteiger partial charge in [-0.25, -0.2) is 0 Å². The SMILES string of the molecule is C/C=C(\C(C)=C\CC)C(C)C.C=CC. The summed E-state index contributed by atoms with van der Waals surface area (Å²) in [5, 5.41) is 0. The molecule has 0 rings (SSSR count). The van der Waals surface area contributed by atoms with E-state index < -0.39 is 0 Å². The van der Waals surface area contributed by atoms with Crippen molar-refractivity contribution in [2.75, 3.05) is 0 Å². The molecule has 0 heterocycles. The summed E-state index contributed by atoms with van der Waals surface area (Å²) >= 11 is 0. The third-order valence-electron chi connectivity index (χ3n) is 1.90. The molecule has 0 nitrogen and oxygen atoms in total. The van der Waals surface area contributed by atoms with E-state index in [1.807, 2.05) is 6.92 Å². The van der Waals surface area contributed by atoms with Crippen molar-refractivity contribution in [1.29, 1.82) is 0 Å². The van der Waals surface area contributed by atoms with E-state index >= 15 is 0 Å². The van der Waals surface area contributed by atoms with Crippen molar-refractivity contribution in [1.82, 2.24) is 0 Å². The molecule has 0 aromatic rings. The highest BCUT2D eigenvalue weighted by Gasteiger charge is 2.02. The van der Waals surface area contributed by atoms with Gasteiger partial charge in [-0.05, 0) is 38.7 Å². The maximum Gasteiger partial charge on any atom is -0.0220 e. The third-order valence-corrected chi connectivity index (χ3v) is 1.90. The predicted molar refractivity (Wildman–Crippen MR) is 68.5 cm³/mol. The first kappa shape index (κ1) is 15.7. The lowest BCUT2D eigenvalue weighted by atomic mass is 9.95. The number of rotatable bonds is 3. The van der Waals surface area contributed by atoms with Crippen LogP contribution in [0.2, 0.25) is 0 Å². The van der Waals surface area contributed by atoms with Gasteiger partial charge in [-0.2, -0.15) is 0 Å². The molecule has 0 aromatic carbocycles. The van der Waals surface area contributed by atoms with Gasteiger partial charge >= 0.3 is 0 Å². The fourth-order valence-electron chi connectivity index (χ4n) is 1.44. The minimum Gasteiger partial charge on any atom is -0.103 e. The molecule has 0 heteroatoms. The zero-order valence-corrected chi connectivity index (χ0v) is 10.7. The quantitative estimate of drug-likeness (QED) is 0.431. The van der Waals surface area contributed by atoms with Crippen LogP contribution < -0.4 is 0 Å². The Morgan fingerprint density at radius 1 is 1.29 bits per heavy atom. The Labute approximate surface area is 90.4 Å². The van der Waals surface area contributed by atoms with Gasteiger partial charge in [0.2, 0.25) is 0 Å². The average molecular weight is 194 g/mol. The summed E-state index contributed by atoms with van der Waals surface area (Å²) in [4.78, 5) is 0. The summed E-state index contributed by atoms with van der Waals surface area (Å²) in [5.74, 6) is 0.655. The second kappa shape index (κ2) is 10.3. The lowest BCUT2D eigenvalue weighted by Crippen LogP contribution is -1.94. The van der Waals surface area contributed by atoms with Crippen LogP contribution in [0, 0.1) is 5.92 Å². The first-order valence-electron chi connectivity index (χ1n) is 5.45. The predicted octanol–water partition coefficient (Wildman–Crippen LogP) is 5.14. The minimum atomic E-state index is 0.655. The molecule has 0 aliphatic carbocycles. The van der Waals surface area contributed by atoms with E-state index in [4.69, 9.17) is 0 Å². The van der Waals surface area contributed by atoms with E-state index in [1.54, 1.807) is 6.08 Å². The molecule has 0 atom stereocenters. The standard InChI is InChI=1S/C11H20.C3H6/c1-6-8-10(5)11(7-2)9(3)4;1-3-2/h7-9H,6H2,1-5H3;3H,1H2,2H3/b10-8+,11-7-;. The van der Waals surface area contributed by atoms with Crippen LogP contribution in [-0.4, -0.2) is 0 Å². The summed E-state index contributed by atoms with van der Waals surface area (Å²) in [6, 6.07) is 0. The van der Waals surface area contributed by atoms with Crippen LogP contribution in [0.1, 0.15) is 48.0 Å². The molecule has 0 spiro atoms. The molecule has 0 saturated carbocycles. The molecule has 0 bridgehead atoms. The highest BCUT2D eigenvalue weighted by atomic mass is 14.1. The van der Waals surface area contributed by atoms with Crippen LogP contribution in [0.25, 0.3) is 0 Å². The van der Waals surface area contributed by atoms with Gasteiger partial charge in [-0.1, -0.05) is 44.6 Å². The van der Waals surface area contributed by atoms with Crippen molar-refractivity contribution in [2.45, 2.75) is 48.0 Å². The average Bonchev–Trinajstić information content (AvgIpc) is 2.06. The van der Waals surface area contributed by atoms with Crippen molar-refractivity contribution in [2.24, 2.45) is 5.92 Å². The van der Waals surface area contributed by atoms with Crippen molar-refractivity contribution in [3.05, 3.63) is 36.0 Å². The van der Waals surface area contributed by atoms with Gasteiger partial charge in [-0.3, -0.25) is 0 Å². The van der Waals surface area contributed by atoms with Crippen LogP contribution in [-0.2, 0) is 0 Å². The van der Waals surface area contributed by atoms with E-state index in [2.05, 4.69) is 53.3 Å². The molecule has 0 fully saturated rings. The largest absolute Gasteiger partial charge is 0.103 e. The molecule has 0 amide bonds. The lowest BCUT2D eigenvalue weighted by Gasteiger charge is -2.10. The first-order valence-corrected chi connectivity index (χ1v) is 5.45. The van der Waals surface area contributed by atoms with E-state index in [0.717, 1.165) is 6.42 Å². The summed E-state index contributed by atoms with van der Waals surface area (Å²) in [7, 11) is 0. The van der Waals surface area contributed by atoms with Crippen molar-refractivity contribution in [3.8, 4) is 0 Å². The zero-order chi connectivity index (χ0) is 11.6. The van der Waals surface area contributed by atoms with Gasteiger partial charge in [0.25, 0.3) is 0 Å². The first-order chi connectivity index (χ1) is 6.54. The summed E-state index contributed by atoms with van der Waals surface area (Å²) in [6.07, 6.45) is 7.39. The van der Waals surface area contributed by atoms with E-state index in [-0.39, 0.29) is 0 Å². The van der Waals surface area contributed by atoms with Gasteiger partial charge in [0.1, 0.15) is 0 Å². The second-order valence-corrected chi connectivity index (χ2v) is 3.60. The molecule has 0 aliphatic heterocycles. The second-order valence-electron chi connectivity index (χ2n) is 3.60. The Morgan fingerprint density at radius 2 is 1.71 bits per heavy atom. The monoisotopic (exact) mass is 194 g/mol. The van der Waals surface area contributed by atoms with Gasteiger partial charge in [0.15, 0.2) is 0 Å². The maximum absolute atomic E-state index is 3.36. The Hall–Kier alpha value is -0.780. The van der Waals surface area contributed by atoms with E-state index in [0.29, 0.717) is 5.92 Å². The fourth-order valence-corrected chi connectivity index (χ4v) is 1.44. The van der Waals surface area contributed by atoms with Crippen molar-refractivity contribution in [3.63, 3.8) is 0 Å². The molecule has 0 aromatic heterocycles. The van der Waals surface area contributed by atoms with Crippen LogP contribution in [0.15, 0.2) is 36.0 Å². The molecule has 0 saturated heterocycles. The van der Waals surface area contributed by atoms with Gasteiger partial charge in [0.05, 0.1) is 0 Å².